The molecule has 0 N–H and O–H groups in total. The van der Waals surface area contributed by atoms with Crippen LogP contribution >= 0.6 is 15.9 Å². The Morgan fingerprint density at radius 1 is 1.36 bits per heavy atom. The number of hydrogen-bond donors (Lipinski definition) is 0. The second-order valence-electron chi connectivity index (χ2n) is 7.65. The largest absolute Gasteiger partial charge is 0.417 e. The molecule has 2 aromatic rings. The van der Waals surface area contributed by atoms with Gasteiger partial charge in [0, 0.05) is 24.6 Å². The molecule has 0 amide bonds. The van der Waals surface area contributed by atoms with Crippen LogP contribution in [0.1, 0.15) is 37.8 Å². The first-order chi connectivity index (χ1) is 13.0. The number of halogens is 4. The second kappa shape index (κ2) is 7.28. The van der Waals surface area contributed by atoms with Crippen LogP contribution in [-0.4, -0.2) is 22.6 Å². The van der Waals surface area contributed by atoms with E-state index in [2.05, 4.69) is 40.8 Å². The minimum Gasteiger partial charge on any atom is -0.368 e. The van der Waals surface area contributed by atoms with Crippen molar-refractivity contribution < 1.29 is 13.2 Å². The molecule has 1 aliphatic rings. The molecule has 1 unspecified atom stereocenters. The van der Waals surface area contributed by atoms with E-state index in [1.54, 1.807) is 25.5 Å². The molecule has 0 spiro atoms. The molecule has 0 saturated carbocycles. The van der Waals surface area contributed by atoms with Crippen LogP contribution in [0.3, 0.4) is 0 Å². The summed E-state index contributed by atoms with van der Waals surface area (Å²) in [6.07, 6.45) is 2.82. The van der Waals surface area contributed by atoms with E-state index in [9.17, 15) is 13.2 Å². The highest BCUT2D eigenvalue weighted by Crippen LogP contribution is 2.41. The summed E-state index contributed by atoms with van der Waals surface area (Å²) in [7, 11) is 1.79. The molecule has 1 atom stereocenters. The van der Waals surface area contributed by atoms with Crippen LogP contribution in [-0.2, 0) is 6.18 Å². The zero-order chi connectivity index (χ0) is 20.7. The maximum absolute atomic E-state index is 13.4. The smallest absolute Gasteiger partial charge is 0.368 e. The third-order valence-electron chi connectivity index (χ3n) is 5.31. The maximum Gasteiger partial charge on any atom is 0.417 e. The van der Waals surface area contributed by atoms with E-state index >= 15 is 0 Å². The minimum absolute atomic E-state index is 0.119. The van der Waals surface area contributed by atoms with E-state index in [1.165, 1.54) is 6.07 Å². The summed E-state index contributed by atoms with van der Waals surface area (Å²) in [6.45, 7) is 4.22. The number of hydrogen-bond acceptors (Lipinski definition) is 3. The Hall–Kier alpha value is -2.27. The molecule has 4 nitrogen and oxygen atoms in total. The van der Waals surface area contributed by atoms with Crippen molar-refractivity contribution in [1.29, 1.82) is 5.26 Å². The van der Waals surface area contributed by atoms with Crippen molar-refractivity contribution in [3.8, 4) is 6.07 Å². The van der Waals surface area contributed by atoms with E-state index in [1.807, 2.05) is 15.7 Å². The van der Waals surface area contributed by atoms with Gasteiger partial charge >= 0.3 is 6.18 Å². The van der Waals surface area contributed by atoms with E-state index in [-0.39, 0.29) is 17.0 Å². The Labute approximate surface area is 170 Å². The Balaban J connectivity index is 2.02. The van der Waals surface area contributed by atoms with Crippen LogP contribution in [0.4, 0.5) is 18.9 Å². The summed E-state index contributed by atoms with van der Waals surface area (Å²) in [6, 6.07) is 5.38. The molecule has 0 fully saturated rings. The molecule has 0 bridgehead atoms. The minimum atomic E-state index is -4.58. The second-order valence-corrected chi connectivity index (χ2v) is 8.46. The van der Waals surface area contributed by atoms with Gasteiger partial charge in [-0.2, -0.15) is 18.4 Å². The van der Waals surface area contributed by atoms with Crippen molar-refractivity contribution in [1.82, 2.24) is 9.55 Å². The standard InChI is InChI=1S/C20H20BrF3N4/c1-19(2)7-6-15(28-11-18(21)26-12-28)9-17(19)27(3)14-5-4-13(10-25)16(8-14)20(22,23)24/h4-5,8-9,11-12,17H,6-7H2,1-3H3. The Kier molecular flexibility index (Phi) is 5.32. The van der Waals surface area contributed by atoms with Gasteiger partial charge in [0.1, 0.15) is 10.9 Å². The van der Waals surface area contributed by atoms with Gasteiger partial charge in [-0.3, -0.25) is 0 Å². The van der Waals surface area contributed by atoms with Crippen LogP contribution in [0.15, 0.2) is 41.4 Å². The molecule has 1 aliphatic carbocycles. The Morgan fingerprint density at radius 2 is 2.07 bits per heavy atom. The van der Waals surface area contributed by atoms with Crippen molar-refractivity contribution in [2.45, 2.75) is 38.9 Å². The predicted molar refractivity (Wildman–Crippen MR) is 106 cm³/mol. The molecule has 0 aliphatic heterocycles. The molecule has 28 heavy (non-hydrogen) atoms. The van der Waals surface area contributed by atoms with Crippen LogP contribution in [0, 0.1) is 16.7 Å². The van der Waals surface area contributed by atoms with Crippen LogP contribution in [0.2, 0.25) is 0 Å². The average Bonchev–Trinajstić information content (AvgIpc) is 3.06. The van der Waals surface area contributed by atoms with Gasteiger partial charge in [-0.05, 0) is 58.5 Å². The summed E-state index contributed by atoms with van der Waals surface area (Å²) in [5.74, 6) is 0. The number of aromatic nitrogens is 2. The van der Waals surface area contributed by atoms with Gasteiger partial charge in [0.25, 0.3) is 0 Å². The molecule has 1 aromatic heterocycles. The van der Waals surface area contributed by atoms with Crippen molar-refractivity contribution in [2.75, 3.05) is 11.9 Å². The third-order valence-corrected chi connectivity index (χ3v) is 5.72. The molecule has 1 heterocycles. The lowest BCUT2D eigenvalue weighted by Gasteiger charge is -2.43. The van der Waals surface area contributed by atoms with E-state index in [4.69, 9.17) is 5.26 Å². The molecular weight excluding hydrogens is 433 g/mol. The van der Waals surface area contributed by atoms with Gasteiger partial charge in [0.2, 0.25) is 0 Å². The van der Waals surface area contributed by atoms with E-state index < -0.39 is 11.7 Å². The van der Waals surface area contributed by atoms with Crippen LogP contribution < -0.4 is 4.90 Å². The fourth-order valence-electron chi connectivity index (χ4n) is 3.64. The van der Waals surface area contributed by atoms with Gasteiger partial charge in [-0.1, -0.05) is 13.8 Å². The number of alkyl halides is 3. The van der Waals surface area contributed by atoms with Crippen LogP contribution in [0.25, 0.3) is 5.70 Å². The monoisotopic (exact) mass is 452 g/mol. The summed E-state index contributed by atoms with van der Waals surface area (Å²) in [5.41, 5.74) is 0.0677. The van der Waals surface area contributed by atoms with Gasteiger partial charge in [0.05, 0.1) is 23.2 Å². The van der Waals surface area contributed by atoms with Gasteiger partial charge < -0.3 is 9.47 Å². The molecular formula is C20H20BrF3N4. The lowest BCUT2D eigenvalue weighted by molar-refractivity contribution is -0.137. The number of rotatable bonds is 3. The normalized spacial score (nSPS) is 19.1. The van der Waals surface area contributed by atoms with Crippen LogP contribution in [0.5, 0.6) is 0 Å². The first kappa shape index (κ1) is 20.5. The van der Waals surface area contributed by atoms with Gasteiger partial charge in [-0.25, -0.2) is 4.98 Å². The average molecular weight is 453 g/mol. The first-order valence-corrected chi connectivity index (χ1v) is 9.57. The summed E-state index contributed by atoms with van der Waals surface area (Å²) >= 11 is 3.34. The van der Waals surface area contributed by atoms with Gasteiger partial charge in [0.15, 0.2) is 0 Å². The number of nitriles is 1. The molecule has 3 rings (SSSR count). The summed E-state index contributed by atoms with van der Waals surface area (Å²) in [4.78, 5) is 6.03. The fraction of sp³-hybridized carbons (Fsp3) is 0.400. The number of nitrogens with zero attached hydrogens (tertiary/aromatic N) is 4. The summed E-state index contributed by atoms with van der Waals surface area (Å²) < 4.78 is 42.7. The molecule has 1 aromatic carbocycles. The molecule has 0 saturated heterocycles. The molecule has 148 valence electrons. The first-order valence-electron chi connectivity index (χ1n) is 8.77. The Morgan fingerprint density at radius 3 is 2.64 bits per heavy atom. The van der Waals surface area contributed by atoms with Gasteiger partial charge in [-0.15, -0.1) is 0 Å². The molecule has 8 heteroatoms. The lowest BCUT2D eigenvalue weighted by atomic mass is 9.75. The SMILES string of the molecule is CN(c1ccc(C#N)c(C(F)(F)F)c1)C1C=C(n2cnc(Br)c2)CCC1(C)C. The fourth-order valence-corrected chi connectivity index (χ4v) is 3.95. The number of imidazole rings is 1. The van der Waals surface area contributed by atoms with Crippen molar-refractivity contribution >= 4 is 27.3 Å². The number of anilines is 1. The number of benzene rings is 1. The zero-order valence-corrected chi connectivity index (χ0v) is 17.3. The predicted octanol–water partition coefficient (Wildman–Crippen LogP) is 5.70. The number of likely N-dealkylation sites (N-methyl/N-ethyl adjacent to an activating group) is 1. The highest BCUT2D eigenvalue weighted by Gasteiger charge is 2.37. The highest BCUT2D eigenvalue weighted by atomic mass is 79.9. The van der Waals surface area contributed by atoms with E-state index in [0.29, 0.717) is 5.69 Å². The van der Waals surface area contributed by atoms with E-state index in [0.717, 1.165) is 29.2 Å². The topological polar surface area (TPSA) is 44.9 Å². The van der Waals surface area contributed by atoms with Crippen molar-refractivity contribution in [3.63, 3.8) is 0 Å². The maximum atomic E-state index is 13.4. The Bertz CT molecular complexity index is 953. The highest BCUT2D eigenvalue weighted by molar-refractivity contribution is 9.10. The van der Waals surface area contributed by atoms with Crippen molar-refractivity contribution in [3.05, 3.63) is 52.5 Å². The summed E-state index contributed by atoms with van der Waals surface area (Å²) in [5, 5.41) is 9.02. The third kappa shape index (κ3) is 3.95. The zero-order valence-electron chi connectivity index (χ0n) is 15.8. The quantitative estimate of drug-likeness (QED) is 0.599. The van der Waals surface area contributed by atoms with Crippen molar-refractivity contribution in [2.24, 2.45) is 5.41 Å². The molecule has 0 radical (unpaired) electrons. The lowest BCUT2D eigenvalue weighted by Crippen LogP contribution is -2.44. The number of allylic oxidation sites excluding steroid dienone is 1.